The Morgan fingerprint density at radius 2 is 1.90 bits per heavy atom. The summed E-state index contributed by atoms with van der Waals surface area (Å²) in [7, 11) is 0. The zero-order chi connectivity index (χ0) is 20.0. The topological polar surface area (TPSA) is 49.0 Å². The van der Waals surface area contributed by atoms with Crippen molar-refractivity contribution in [3.63, 3.8) is 0 Å². The van der Waals surface area contributed by atoms with Gasteiger partial charge < -0.3 is 9.88 Å². The number of fused-ring (bicyclic) bond motifs is 2. The number of benzene rings is 2. The van der Waals surface area contributed by atoms with E-state index in [1.54, 1.807) is 11.8 Å². The maximum atomic E-state index is 13.1. The number of thioether (sulfide) groups is 1. The van der Waals surface area contributed by atoms with Crippen LogP contribution < -0.4 is 0 Å². The van der Waals surface area contributed by atoms with Gasteiger partial charge in [-0.25, -0.2) is 4.98 Å². The number of aromatic amines is 1. The molecule has 0 unspecified atom stereocenters. The molecule has 0 aliphatic carbocycles. The molecule has 0 fully saturated rings. The van der Waals surface area contributed by atoms with E-state index < -0.39 is 0 Å². The number of carbonyl (C=O) groups is 1. The Balaban J connectivity index is 1.47. The minimum absolute atomic E-state index is 0.220. The maximum Gasteiger partial charge on any atom is 0.260 e. The standard InChI is InChI=1S/C24H25N3OS/c1-15-9-11-29-23(15)24(28)27-10-3-4-17-5-6-18(12-20(17)14-27)19-7-8-21-22(13-19)26-16(2)25-21/h5-8,12-13H,3-4,9-11,14H2,1-2H3,(H,25,26). The summed E-state index contributed by atoms with van der Waals surface area (Å²) in [5.41, 5.74) is 8.32. The van der Waals surface area contributed by atoms with Crippen LogP contribution in [0.15, 0.2) is 46.9 Å². The lowest BCUT2D eigenvalue weighted by Crippen LogP contribution is -2.31. The van der Waals surface area contributed by atoms with Gasteiger partial charge in [-0.15, -0.1) is 11.8 Å². The molecule has 0 bridgehead atoms. The number of nitrogens with one attached hydrogen (secondary N) is 1. The summed E-state index contributed by atoms with van der Waals surface area (Å²) in [5, 5.41) is 0. The number of hydrogen-bond acceptors (Lipinski definition) is 3. The quantitative estimate of drug-likeness (QED) is 0.638. The molecule has 2 aliphatic rings. The minimum Gasteiger partial charge on any atom is -0.342 e. The van der Waals surface area contributed by atoms with Crippen molar-refractivity contribution < 1.29 is 4.79 Å². The Labute approximate surface area is 175 Å². The van der Waals surface area contributed by atoms with Gasteiger partial charge >= 0.3 is 0 Å². The number of H-pyrrole nitrogens is 1. The largest absolute Gasteiger partial charge is 0.342 e. The Hall–Kier alpha value is -2.53. The van der Waals surface area contributed by atoms with Crippen molar-refractivity contribution >= 4 is 28.7 Å². The number of allylic oxidation sites excluding steroid dienone is 1. The predicted octanol–water partition coefficient (Wildman–Crippen LogP) is 5.22. The van der Waals surface area contributed by atoms with Crippen LogP contribution in [0, 0.1) is 6.92 Å². The highest BCUT2D eigenvalue weighted by molar-refractivity contribution is 8.04. The smallest absolute Gasteiger partial charge is 0.260 e. The third-order valence-electron chi connectivity index (χ3n) is 5.97. The second-order valence-corrected chi connectivity index (χ2v) is 9.18. The van der Waals surface area contributed by atoms with Crippen LogP contribution >= 0.6 is 11.8 Å². The van der Waals surface area contributed by atoms with Crippen molar-refractivity contribution in [2.24, 2.45) is 0 Å². The summed E-state index contributed by atoms with van der Waals surface area (Å²) < 4.78 is 0. The van der Waals surface area contributed by atoms with Gasteiger partial charge in [-0.05, 0) is 73.6 Å². The van der Waals surface area contributed by atoms with Crippen LogP contribution in [-0.4, -0.2) is 33.1 Å². The molecule has 4 nitrogen and oxygen atoms in total. The van der Waals surface area contributed by atoms with Gasteiger partial charge in [-0.1, -0.05) is 23.8 Å². The highest BCUT2D eigenvalue weighted by Crippen LogP contribution is 2.34. The van der Waals surface area contributed by atoms with Crippen LogP contribution in [0.1, 0.15) is 36.7 Å². The maximum absolute atomic E-state index is 13.1. The summed E-state index contributed by atoms with van der Waals surface area (Å²) >= 11 is 1.72. The first kappa shape index (κ1) is 18.5. The van der Waals surface area contributed by atoms with Gasteiger partial charge in [0.1, 0.15) is 5.82 Å². The lowest BCUT2D eigenvalue weighted by atomic mass is 9.97. The molecule has 148 valence electrons. The highest BCUT2D eigenvalue weighted by Gasteiger charge is 2.26. The molecular formula is C24H25N3OS. The number of amides is 1. The van der Waals surface area contributed by atoms with Gasteiger partial charge in [0.05, 0.1) is 15.9 Å². The van der Waals surface area contributed by atoms with Crippen molar-refractivity contribution in [3.05, 3.63) is 63.8 Å². The van der Waals surface area contributed by atoms with E-state index in [-0.39, 0.29) is 5.91 Å². The number of aryl methyl sites for hydroxylation is 2. The van der Waals surface area contributed by atoms with Crippen LogP contribution in [0.3, 0.4) is 0 Å². The van der Waals surface area contributed by atoms with Crippen LogP contribution in [0.4, 0.5) is 0 Å². The van der Waals surface area contributed by atoms with Gasteiger partial charge in [0.2, 0.25) is 0 Å². The summed E-state index contributed by atoms with van der Waals surface area (Å²) in [5.74, 6) is 2.19. The van der Waals surface area contributed by atoms with E-state index in [1.165, 1.54) is 27.8 Å². The average molecular weight is 404 g/mol. The van der Waals surface area contributed by atoms with Gasteiger partial charge in [0.25, 0.3) is 5.91 Å². The van der Waals surface area contributed by atoms with Crippen LogP contribution in [0.5, 0.6) is 0 Å². The van der Waals surface area contributed by atoms with Crippen molar-refractivity contribution in [3.8, 4) is 11.1 Å². The Kier molecular flexibility index (Phi) is 4.70. The third-order valence-corrected chi connectivity index (χ3v) is 7.19. The molecular weight excluding hydrogens is 378 g/mol. The molecule has 5 heteroatoms. The molecule has 1 N–H and O–H groups in total. The first-order valence-electron chi connectivity index (χ1n) is 10.3. The first-order chi connectivity index (χ1) is 14.1. The van der Waals surface area contributed by atoms with Gasteiger partial charge in [0, 0.05) is 18.8 Å². The lowest BCUT2D eigenvalue weighted by molar-refractivity contribution is -0.127. The predicted molar refractivity (Wildman–Crippen MR) is 120 cm³/mol. The SMILES string of the molecule is CC1=C(C(=O)N2CCCc3ccc(-c4ccc5nc(C)[nH]c5c4)cc3C2)SCC1. The number of rotatable bonds is 2. The Morgan fingerprint density at radius 3 is 2.72 bits per heavy atom. The molecule has 1 amide bonds. The number of aromatic nitrogens is 2. The van der Waals surface area contributed by atoms with Gasteiger partial charge in [0.15, 0.2) is 0 Å². The van der Waals surface area contributed by atoms with E-state index in [0.717, 1.165) is 53.3 Å². The van der Waals surface area contributed by atoms with E-state index in [0.29, 0.717) is 6.54 Å². The van der Waals surface area contributed by atoms with Gasteiger partial charge in [-0.3, -0.25) is 4.79 Å². The summed E-state index contributed by atoms with van der Waals surface area (Å²) in [4.78, 5) is 24.0. The Morgan fingerprint density at radius 1 is 1.07 bits per heavy atom. The van der Waals surface area contributed by atoms with E-state index in [1.807, 2.05) is 11.8 Å². The fourth-order valence-electron chi connectivity index (χ4n) is 4.36. The fourth-order valence-corrected chi connectivity index (χ4v) is 5.58. The minimum atomic E-state index is 0.220. The molecule has 3 aromatic rings. The van der Waals surface area contributed by atoms with Gasteiger partial charge in [-0.2, -0.15) is 0 Å². The number of carbonyl (C=O) groups excluding carboxylic acids is 1. The summed E-state index contributed by atoms with van der Waals surface area (Å²) in [6.07, 6.45) is 3.09. The molecule has 0 radical (unpaired) electrons. The lowest BCUT2D eigenvalue weighted by Gasteiger charge is -2.22. The van der Waals surface area contributed by atoms with E-state index in [9.17, 15) is 4.79 Å². The molecule has 0 atom stereocenters. The van der Waals surface area contributed by atoms with E-state index in [4.69, 9.17) is 0 Å². The molecule has 29 heavy (non-hydrogen) atoms. The highest BCUT2D eigenvalue weighted by atomic mass is 32.2. The molecule has 2 aromatic carbocycles. The monoisotopic (exact) mass is 403 g/mol. The zero-order valence-electron chi connectivity index (χ0n) is 16.9. The van der Waals surface area contributed by atoms with Crippen molar-refractivity contribution in [2.75, 3.05) is 12.3 Å². The molecule has 0 spiro atoms. The zero-order valence-corrected chi connectivity index (χ0v) is 17.7. The van der Waals surface area contributed by atoms with Crippen molar-refractivity contribution in [1.29, 1.82) is 0 Å². The molecule has 0 saturated heterocycles. The second-order valence-electron chi connectivity index (χ2n) is 8.08. The number of hydrogen-bond donors (Lipinski definition) is 1. The Bertz CT molecular complexity index is 1140. The molecule has 0 saturated carbocycles. The van der Waals surface area contributed by atoms with E-state index in [2.05, 4.69) is 53.3 Å². The molecule has 1 aromatic heterocycles. The van der Waals surface area contributed by atoms with Crippen molar-refractivity contribution in [2.45, 2.75) is 39.7 Å². The molecule has 3 heterocycles. The third kappa shape index (κ3) is 3.48. The van der Waals surface area contributed by atoms with Crippen LogP contribution in [-0.2, 0) is 17.8 Å². The van der Waals surface area contributed by atoms with Crippen LogP contribution in [0.25, 0.3) is 22.2 Å². The first-order valence-corrected chi connectivity index (χ1v) is 11.3. The van der Waals surface area contributed by atoms with E-state index >= 15 is 0 Å². The fraction of sp³-hybridized carbons (Fsp3) is 0.333. The second kappa shape index (κ2) is 7.38. The number of imidazole rings is 1. The molecule has 5 rings (SSSR count). The summed E-state index contributed by atoms with van der Waals surface area (Å²) in [6, 6.07) is 13.1. The van der Waals surface area contributed by atoms with Crippen LogP contribution in [0.2, 0.25) is 0 Å². The average Bonchev–Trinajstić information content (AvgIpc) is 3.23. The number of nitrogens with zero attached hydrogens (tertiary/aromatic N) is 2. The molecule has 2 aliphatic heterocycles. The van der Waals surface area contributed by atoms with Crippen molar-refractivity contribution in [1.82, 2.24) is 14.9 Å². The summed E-state index contributed by atoms with van der Waals surface area (Å²) in [6.45, 7) is 5.61. The normalized spacial score (nSPS) is 17.0.